The van der Waals surface area contributed by atoms with Crippen molar-refractivity contribution in [3.8, 4) is 5.75 Å². The number of amides is 2. The summed E-state index contributed by atoms with van der Waals surface area (Å²) in [6.45, 7) is 0.493. The second-order valence-corrected chi connectivity index (χ2v) is 6.40. The molecular weight excluding hydrogens is 356 g/mol. The SMILES string of the molecule is COc1ccc(Cl)cc1C(=O)N1CCCC1C(=O)Nc1ccc(N)nc1. The van der Waals surface area contributed by atoms with Gasteiger partial charge < -0.3 is 20.7 Å². The smallest absolute Gasteiger partial charge is 0.258 e. The highest BCUT2D eigenvalue weighted by Gasteiger charge is 2.35. The summed E-state index contributed by atoms with van der Waals surface area (Å²) in [5.41, 5.74) is 6.42. The van der Waals surface area contributed by atoms with Crippen molar-refractivity contribution in [2.75, 3.05) is 24.7 Å². The van der Waals surface area contributed by atoms with Gasteiger partial charge in [0.2, 0.25) is 5.91 Å². The van der Waals surface area contributed by atoms with Crippen LogP contribution in [0.5, 0.6) is 5.75 Å². The van der Waals surface area contributed by atoms with E-state index in [1.54, 1.807) is 35.2 Å². The third kappa shape index (κ3) is 3.72. The molecule has 2 amide bonds. The van der Waals surface area contributed by atoms with E-state index in [0.717, 1.165) is 6.42 Å². The molecule has 2 aromatic rings. The van der Waals surface area contributed by atoms with Crippen molar-refractivity contribution in [1.82, 2.24) is 9.88 Å². The Morgan fingerprint density at radius 3 is 2.85 bits per heavy atom. The maximum absolute atomic E-state index is 13.0. The highest BCUT2D eigenvalue weighted by atomic mass is 35.5. The minimum atomic E-state index is -0.566. The number of nitrogens with zero attached hydrogens (tertiary/aromatic N) is 2. The number of methoxy groups -OCH3 is 1. The van der Waals surface area contributed by atoms with E-state index in [9.17, 15) is 9.59 Å². The molecular formula is C18H19ClN4O3. The van der Waals surface area contributed by atoms with Gasteiger partial charge in [-0.1, -0.05) is 11.6 Å². The first-order valence-electron chi connectivity index (χ1n) is 8.16. The summed E-state index contributed by atoms with van der Waals surface area (Å²) in [5, 5.41) is 3.21. The Balaban J connectivity index is 1.79. The molecule has 0 aliphatic carbocycles. The van der Waals surface area contributed by atoms with Crippen molar-refractivity contribution < 1.29 is 14.3 Å². The summed E-state index contributed by atoms with van der Waals surface area (Å²) in [6, 6.07) is 7.55. The standard InChI is InChI=1S/C18H19ClN4O3/c1-26-15-6-4-11(19)9-13(15)18(25)23-8-2-3-14(23)17(24)22-12-5-7-16(20)21-10-12/h4-7,9-10,14H,2-3,8H2,1H3,(H2,20,21)(H,22,24). The highest BCUT2D eigenvalue weighted by molar-refractivity contribution is 6.31. The van der Waals surface area contributed by atoms with Crippen molar-refractivity contribution in [1.29, 1.82) is 0 Å². The minimum Gasteiger partial charge on any atom is -0.496 e. The van der Waals surface area contributed by atoms with Gasteiger partial charge in [0.25, 0.3) is 5.91 Å². The molecule has 26 heavy (non-hydrogen) atoms. The average molecular weight is 375 g/mol. The normalized spacial score (nSPS) is 16.4. The van der Waals surface area contributed by atoms with E-state index in [2.05, 4.69) is 10.3 Å². The molecule has 3 rings (SSSR count). The summed E-state index contributed by atoms with van der Waals surface area (Å²) < 4.78 is 5.26. The molecule has 136 valence electrons. The topological polar surface area (TPSA) is 97.5 Å². The number of hydrogen-bond acceptors (Lipinski definition) is 5. The summed E-state index contributed by atoms with van der Waals surface area (Å²) in [7, 11) is 1.49. The number of ether oxygens (including phenoxy) is 1. The number of halogens is 1. The number of aromatic nitrogens is 1. The van der Waals surface area contributed by atoms with E-state index in [0.29, 0.717) is 40.8 Å². The first-order valence-corrected chi connectivity index (χ1v) is 8.54. The largest absolute Gasteiger partial charge is 0.496 e. The maximum Gasteiger partial charge on any atom is 0.258 e. The number of carbonyl (C=O) groups excluding carboxylic acids is 2. The van der Waals surface area contributed by atoms with Crippen LogP contribution >= 0.6 is 11.6 Å². The van der Waals surface area contributed by atoms with Crippen LogP contribution in [-0.2, 0) is 4.79 Å². The number of nitrogen functional groups attached to an aromatic ring is 1. The van der Waals surface area contributed by atoms with Crippen molar-refractivity contribution in [2.45, 2.75) is 18.9 Å². The third-order valence-electron chi connectivity index (χ3n) is 4.26. The van der Waals surface area contributed by atoms with Gasteiger partial charge >= 0.3 is 0 Å². The lowest BCUT2D eigenvalue weighted by molar-refractivity contribution is -0.119. The number of hydrogen-bond donors (Lipinski definition) is 2. The summed E-state index contributed by atoms with van der Waals surface area (Å²) in [5.74, 6) is 0.253. The lowest BCUT2D eigenvalue weighted by atomic mass is 10.1. The van der Waals surface area contributed by atoms with E-state index in [-0.39, 0.29) is 11.8 Å². The van der Waals surface area contributed by atoms with Crippen LogP contribution in [0.1, 0.15) is 23.2 Å². The van der Waals surface area contributed by atoms with E-state index in [4.69, 9.17) is 22.1 Å². The van der Waals surface area contributed by atoms with Gasteiger partial charge in [-0.05, 0) is 43.2 Å². The van der Waals surface area contributed by atoms with E-state index < -0.39 is 6.04 Å². The monoisotopic (exact) mass is 374 g/mol. The number of nitrogens with one attached hydrogen (secondary N) is 1. The Morgan fingerprint density at radius 1 is 1.35 bits per heavy atom. The fraction of sp³-hybridized carbons (Fsp3) is 0.278. The Labute approximate surface area is 156 Å². The van der Waals surface area contributed by atoms with Crippen LogP contribution in [-0.4, -0.2) is 41.4 Å². The summed E-state index contributed by atoms with van der Waals surface area (Å²) in [4.78, 5) is 31.1. The van der Waals surface area contributed by atoms with Crippen molar-refractivity contribution >= 4 is 34.9 Å². The van der Waals surface area contributed by atoms with Gasteiger partial charge in [-0.3, -0.25) is 9.59 Å². The molecule has 2 heterocycles. The second-order valence-electron chi connectivity index (χ2n) is 5.96. The predicted molar refractivity (Wildman–Crippen MR) is 99.3 cm³/mol. The zero-order valence-electron chi connectivity index (χ0n) is 14.2. The first-order chi connectivity index (χ1) is 12.5. The average Bonchev–Trinajstić information content (AvgIpc) is 3.13. The quantitative estimate of drug-likeness (QED) is 0.857. The van der Waals surface area contributed by atoms with Crippen LogP contribution in [0, 0.1) is 0 Å². The van der Waals surface area contributed by atoms with Crippen molar-refractivity contribution in [3.63, 3.8) is 0 Å². The number of pyridine rings is 1. The first kappa shape index (κ1) is 18.0. The molecule has 1 aliphatic heterocycles. The number of carbonyl (C=O) groups is 2. The van der Waals surface area contributed by atoms with Crippen LogP contribution < -0.4 is 15.8 Å². The van der Waals surface area contributed by atoms with Gasteiger partial charge in [-0.2, -0.15) is 0 Å². The molecule has 1 saturated heterocycles. The van der Waals surface area contributed by atoms with Gasteiger partial charge in [-0.25, -0.2) is 4.98 Å². The number of anilines is 2. The van der Waals surface area contributed by atoms with Crippen LogP contribution in [0.25, 0.3) is 0 Å². The fourth-order valence-electron chi connectivity index (χ4n) is 2.99. The zero-order valence-corrected chi connectivity index (χ0v) is 15.0. The van der Waals surface area contributed by atoms with Gasteiger partial charge in [0.05, 0.1) is 24.6 Å². The van der Waals surface area contributed by atoms with Crippen molar-refractivity contribution in [2.24, 2.45) is 0 Å². The predicted octanol–water partition coefficient (Wildman–Crippen LogP) is 2.57. The van der Waals surface area contributed by atoms with Gasteiger partial charge in [-0.15, -0.1) is 0 Å². The van der Waals surface area contributed by atoms with Gasteiger partial charge in [0.1, 0.15) is 17.6 Å². The number of nitrogens with two attached hydrogens (primary N) is 1. The Morgan fingerprint density at radius 2 is 2.15 bits per heavy atom. The molecule has 1 fully saturated rings. The molecule has 8 heteroatoms. The maximum atomic E-state index is 13.0. The molecule has 7 nitrogen and oxygen atoms in total. The number of rotatable bonds is 4. The molecule has 1 atom stereocenters. The van der Waals surface area contributed by atoms with Crippen LogP contribution in [0.2, 0.25) is 5.02 Å². The number of likely N-dealkylation sites (tertiary alicyclic amines) is 1. The lowest BCUT2D eigenvalue weighted by Gasteiger charge is -2.24. The molecule has 1 unspecified atom stereocenters. The molecule has 0 bridgehead atoms. The molecule has 0 spiro atoms. The second kappa shape index (κ2) is 7.61. The van der Waals surface area contributed by atoms with E-state index >= 15 is 0 Å². The van der Waals surface area contributed by atoms with Crippen LogP contribution in [0.15, 0.2) is 36.5 Å². The number of benzene rings is 1. The molecule has 1 aromatic heterocycles. The van der Waals surface area contributed by atoms with Crippen molar-refractivity contribution in [3.05, 3.63) is 47.1 Å². The van der Waals surface area contributed by atoms with Gasteiger partial charge in [0.15, 0.2) is 0 Å². The third-order valence-corrected chi connectivity index (χ3v) is 4.50. The van der Waals surface area contributed by atoms with E-state index in [1.807, 2.05) is 0 Å². The Hall–Kier alpha value is -2.80. The summed E-state index contributed by atoms with van der Waals surface area (Å²) >= 11 is 6.02. The molecule has 0 radical (unpaired) electrons. The molecule has 1 aromatic carbocycles. The van der Waals surface area contributed by atoms with Crippen LogP contribution in [0.4, 0.5) is 11.5 Å². The zero-order chi connectivity index (χ0) is 18.7. The Bertz CT molecular complexity index is 826. The molecule has 0 saturated carbocycles. The lowest BCUT2D eigenvalue weighted by Crippen LogP contribution is -2.43. The molecule has 1 aliphatic rings. The fourth-order valence-corrected chi connectivity index (χ4v) is 3.16. The molecule has 3 N–H and O–H groups in total. The summed E-state index contributed by atoms with van der Waals surface area (Å²) in [6.07, 6.45) is 2.81. The highest BCUT2D eigenvalue weighted by Crippen LogP contribution is 2.28. The van der Waals surface area contributed by atoms with E-state index in [1.165, 1.54) is 13.3 Å². The van der Waals surface area contributed by atoms with Gasteiger partial charge in [0, 0.05) is 11.6 Å². The Kier molecular flexibility index (Phi) is 5.27. The van der Waals surface area contributed by atoms with Crippen LogP contribution in [0.3, 0.4) is 0 Å². The minimum absolute atomic E-state index is 0.261.